The van der Waals surface area contributed by atoms with Crippen LogP contribution in [0.5, 0.6) is 0 Å². The summed E-state index contributed by atoms with van der Waals surface area (Å²) in [6.07, 6.45) is 0. The maximum Gasteiger partial charge on any atom is 0.324 e. The Hall–Kier alpha value is -0.930. The predicted molar refractivity (Wildman–Crippen MR) is 77.8 cm³/mol. The van der Waals surface area contributed by atoms with Crippen LogP contribution in [0.2, 0.25) is 10.0 Å². The Morgan fingerprint density at radius 2 is 1.67 bits per heavy atom. The molecule has 0 unspecified atom stereocenters. The van der Waals surface area contributed by atoms with Crippen LogP contribution in [0.25, 0.3) is 0 Å². The lowest BCUT2D eigenvalue weighted by molar-refractivity contribution is 0.210. The monoisotopic (exact) mass is 288 g/mol. The molecule has 5 heteroatoms. The molecule has 0 heterocycles. The number of amides is 2. The second kappa shape index (κ2) is 6.86. The number of hydrogen-bond acceptors (Lipinski definition) is 1. The number of halogens is 2. The van der Waals surface area contributed by atoms with Crippen LogP contribution in [-0.2, 0) is 0 Å². The second-order valence-electron chi connectivity index (χ2n) is 3.80. The first kappa shape index (κ1) is 15.1. The van der Waals surface area contributed by atoms with Crippen LogP contribution < -0.4 is 4.90 Å². The van der Waals surface area contributed by atoms with Gasteiger partial charge >= 0.3 is 6.03 Å². The number of anilines is 1. The van der Waals surface area contributed by atoms with Gasteiger partial charge in [0.2, 0.25) is 0 Å². The zero-order chi connectivity index (χ0) is 13.7. The molecule has 0 spiro atoms. The highest BCUT2D eigenvalue weighted by atomic mass is 35.5. The summed E-state index contributed by atoms with van der Waals surface area (Å²) >= 11 is 11.9. The van der Waals surface area contributed by atoms with Gasteiger partial charge < -0.3 is 4.90 Å². The van der Waals surface area contributed by atoms with Crippen LogP contribution in [0, 0.1) is 0 Å². The lowest BCUT2D eigenvalue weighted by Gasteiger charge is -2.28. The first-order valence-corrected chi connectivity index (χ1v) is 6.82. The Morgan fingerprint density at radius 3 is 2.11 bits per heavy atom. The Bertz CT molecular complexity index is 419. The molecule has 0 radical (unpaired) electrons. The molecular weight excluding hydrogens is 271 g/mol. The number of rotatable bonds is 4. The van der Waals surface area contributed by atoms with E-state index in [1.54, 1.807) is 28.0 Å². The number of urea groups is 1. The SMILES string of the molecule is CCN(CC)C(=O)N(CC)c1ccc(Cl)c(Cl)c1. The molecule has 0 fully saturated rings. The number of benzene rings is 1. The summed E-state index contributed by atoms with van der Waals surface area (Å²) in [4.78, 5) is 15.8. The summed E-state index contributed by atoms with van der Waals surface area (Å²) in [6.45, 7) is 7.83. The third-order valence-electron chi connectivity index (χ3n) is 2.80. The number of carbonyl (C=O) groups excluding carboxylic acids is 1. The van der Waals surface area contributed by atoms with Crippen molar-refractivity contribution in [3.63, 3.8) is 0 Å². The average molecular weight is 289 g/mol. The molecule has 0 aliphatic rings. The maximum absolute atomic E-state index is 12.3. The fraction of sp³-hybridized carbons (Fsp3) is 0.462. The van der Waals surface area contributed by atoms with Crippen molar-refractivity contribution in [1.82, 2.24) is 4.90 Å². The van der Waals surface area contributed by atoms with E-state index in [1.807, 2.05) is 20.8 Å². The number of carbonyl (C=O) groups is 1. The van der Waals surface area contributed by atoms with E-state index in [0.717, 1.165) is 5.69 Å². The Labute approximate surface area is 118 Å². The summed E-state index contributed by atoms with van der Waals surface area (Å²) in [5.74, 6) is 0. The minimum atomic E-state index is -0.0131. The van der Waals surface area contributed by atoms with E-state index in [2.05, 4.69) is 0 Å². The quantitative estimate of drug-likeness (QED) is 0.811. The normalized spacial score (nSPS) is 10.3. The van der Waals surface area contributed by atoms with E-state index in [0.29, 0.717) is 29.7 Å². The van der Waals surface area contributed by atoms with Crippen molar-refractivity contribution >= 4 is 34.9 Å². The summed E-state index contributed by atoms with van der Waals surface area (Å²) in [5, 5.41) is 0.951. The van der Waals surface area contributed by atoms with Crippen LogP contribution in [0.1, 0.15) is 20.8 Å². The molecule has 100 valence electrons. The van der Waals surface area contributed by atoms with Gasteiger partial charge in [0.15, 0.2) is 0 Å². The average Bonchev–Trinajstić information content (AvgIpc) is 2.36. The fourth-order valence-electron chi connectivity index (χ4n) is 1.75. The number of hydrogen-bond donors (Lipinski definition) is 0. The lowest BCUT2D eigenvalue weighted by Crippen LogP contribution is -2.43. The van der Waals surface area contributed by atoms with Crippen LogP contribution in [0.3, 0.4) is 0 Å². The van der Waals surface area contributed by atoms with Crippen LogP contribution in [-0.4, -0.2) is 30.6 Å². The smallest absolute Gasteiger partial charge is 0.324 e. The van der Waals surface area contributed by atoms with Gasteiger partial charge in [-0.25, -0.2) is 4.79 Å². The van der Waals surface area contributed by atoms with E-state index in [-0.39, 0.29) is 6.03 Å². The van der Waals surface area contributed by atoms with Crippen LogP contribution in [0.4, 0.5) is 10.5 Å². The molecule has 0 aliphatic heterocycles. The van der Waals surface area contributed by atoms with Gasteiger partial charge in [0.1, 0.15) is 0 Å². The van der Waals surface area contributed by atoms with Crippen molar-refractivity contribution in [3.8, 4) is 0 Å². The molecule has 0 saturated carbocycles. The van der Waals surface area contributed by atoms with Crippen molar-refractivity contribution < 1.29 is 4.79 Å². The Balaban J connectivity index is 3.01. The molecule has 0 atom stereocenters. The predicted octanol–water partition coefficient (Wildman–Crippen LogP) is 4.28. The van der Waals surface area contributed by atoms with Gasteiger partial charge in [-0.2, -0.15) is 0 Å². The van der Waals surface area contributed by atoms with Gasteiger partial charge in [-0.3, -0.25) is 4.90 Å². The zero-order valence-electron chi connectivity index (χ0n) is 10.9. The summed E-state index contributed by atoms with van der Waals surface area (Å²) in [7, 11) is 0. The van der Waals surface area contributed by atoms with E-state index < -0.39 is 0 Å². The van der Waals surface area contributed by atoms with E-state index >= 15 is 0 Å². The number of nitrogens with zero attached hydrogens (tertiary/aromatic N) is 2. The molecule has 3 nitrogen and oxygen atoms in total. The van der Waals surface area contributed by atoms with Gasteiger partial charge in [0.25, 0.3) is 0 Å². The van der Waals surface area contributed by atoms with Crippen molar-refractivity contribution in [1.29, 1.82) is 0 Å². The zero-order valence-corrected chi connectivity index (χ0v) is 12.4. The summed E-state index contributed by atoms with van der Waals surface area (Å²) < 4.78 is 0. The molecule has 1 aromatic rings. The van der Waals surface area contributed by atoms with E-state index in [4.69, 9.17) is 23.2 Å². The minimum Gasteiger partial charge on any atom is -0.325 e. The molecule has 0 bridgehead atoms. The second-order valence-corrected chi connectivity index (χ2v) is 4.61. The minimum absolute atomic E-state index is 0.0131. The van der Waals surface area contributed by atoms with Crippen molar-refractivity contribution in [2.24, 2.45) is 0 Å². The summed E-state index contributed by atoms with van der Waals surface area (Å²) in [5.41, 5.74) is 0.767. The van der Waals surface area contributed by atoms with Crippen molar-refractivity contribution in [2.45, 2.75) is 20.8 Å². The van der Waals surface area contributed by atoms with Crippen LogP contribution in [0.15, 0.2) is 18.2 Å². The van der Waals surface area contributed by atoms with E-state index in [9.17, 15) is 4.79 Å². The first-order chi connectivity index (χ1) is 8.54. The topological polar surface area (TPSA) is 23.6 Å². The molecule has 2 amide bonds. The van der Waals surface area contributed by atoms with Gasteiger partial charge in [-0.05, 0) is 39.0 Å². The highest BCUT2D eigenvalue weighted by molar-refractivity contribution is 6.42. The van der Waals surface area contributed by atoms with Crippen molar-refractivity contribution in [2.75, 3.05) is 24.5 Å². The molecular formula is C13H18Cl2N2O. The third-order valence-corrected chi connectivity index (χ3v) is 3.53. The van der Waals surface area contributed by atoms with Gasteiger partial charge in [-0.15, -0.1) is 0 Å². The largest absolute Gasteiger partial charge is 0.325 e. The highest BCUT2D eigenvalue weighted by Gasteiger charge is 2.19. The molecule has 1 rings (SSSR count). The third kappa shape index (κ3) is 3.30. The van der Waals surface area contributed by atoms with E-state index in [1.165, 1.54) is 0 Å². The lowest BCUT2D eigenvalue weighted by atomic mass is 10.3. The van der Waals surface area contributed by atoms with Crippen molar-refractivity contribution in [3.05, 3.63) is 28.2 Å². The first-order valence-electron chi connectivity index (χ1n) is 6.06. The highest BCUT2D eigenvalue weighted by Crippen LogP contribution is 2.27. The molecule has 0 aliphatic carbocycles. The molecule has 0 aromatic heterocycles. The standard InChI is InChI=1S/C13H18Cl2N2O/c1-4-16(5-2)13(18)17(6-3)10-7-8-11(14)12(15)9-10/h7-9H,4-6H2,1-3H3. The molecule has 1 aromatic carbocycles. The Morgan fingerprint density at radius 1 is 1.06 bits per heavy atom. The van der Waals surface area contributed by atoms with Gasteiger partial charge in [0.05, 0.1) is 10.0 Å². The van der Waals surface area contributed by atoms with Crippen LogP contribution >= 0.6 is 23.2 Å². The van der Waals surface area contributed by atoms with Gasteiger partial charge in [0, 0.05) is 25.3 Å². The fourth-order valence-corrected chi connectivity index (χ4v) is 2.04. The molecule has 0 N–H and O–H groups in total. The Kier molecular flexibility index (Phi) is 5.76. The summed E-state index contributed by atoms with van der Waals surface area (Å²) in [6, 6.07) is 5.21. The molecule has 0 saturated heterocycles. The molecule has 18 heavy (non-hydrogen) atoms. The van der Waals surface area contributed by atoms with Gasteiger partial charge in [-0.1, -0.05) is 23.2 Å². The maximum atomic E-state index is 12.3.